The van der Waals surface area contributed by atoms with Crippen molar-refractivity contribution in [2.45, 2.75) is 0 Å². The highest BCUT2D eigenvalue weighted by molar-refractivity contribution is 14.1. The first-order valence-corrected chi connectivity index (χ1v) is 5.90. The summed E-state index contributed by atoms with van der Waals surface area (Å²) in [6.07, 6.45) is 0. The van der Waals surface area contributed by atoms with Crippen LogP contribution in [0.15, 0.2) is 26.3 Å². The van der Waals surface area contributed by atoms with E-state index in [2.05, 4.69) is 11.2 Å². The molecule has 11 nitrogen and oxygen atoms in total. The Hall–Kier alpha value is -2.25. The molecule has 0 bridgehead atoms. The predicted molar refractivity (Wildman–Crippen MR) is 67.8 cm³/mol. The van der Waals surface area contributed by atoms with E-state index in [0.29, 0.717) is 0 Å². The first-order valence-electron chi connectivity index (χ1n) is 4.05. The van der Waals surface area contributed by atoms with Crippen molar-refractivity contribution in [3.8, 4) is 0 Å². The quantitative estimate of drug-likeness (QED) is 0.168. The predicted octanol–water partition coefficient (Wildman–Crippen LogP) is -2.85. The van der Waals surface area contributed by atoms with Crippen molar-refractivity contribution in [1.29, 1.82) is 0 Å². The molecule has 18 heavy (non-hydrogen) atoms. The van der Waals surface area contributed by atoms with Crippen LogP contribution in [0, 0.1) is 0 Å². The van der Waals surface area contributed by atoms with Gasteiger partial charge in [0.1, 0.15) is 11.6 Å². The summed E-state index contributed by atoms with van der Waals surface area (Å²) < 4.78 is 7.71. The zero-order valence-corrected chi connectivity index (χ0v) is 11.1. The van der Waals surface area contributed by atoms with E-state index in [9.17, 15) is 9.59 Å². The highest BCUT2D eigenvalue weighted by Gasteiger charge is 2.11. The van der Waals surface area contributed by atoms with Crippen molar-refractivity contribution in [3.05, 3.63) is 23.0 Å². The maximum Gasteiger partial charge on any atom is 0.385 e. The van der Waals surface area contributed by atoms with Crippen LogP contribution in [-0.4, -0.2) is 11.9 Å². The number of hydrogen-bond acceptors (Lipinski definition) is 11. The number of halogens is 1. The fraction of sp³-hybridized carbons (Fsp3) is 0. The average molecular weight is 373 g/mol. The van der Waals surface area contributed by atoms with E-state index < -0.39 is 50.6 Å². The smallest absolute Gasteiger partial charge is 0.385 e. The first kappa shape index (κ1) is 15.8. The van der Waals surface area contributed by atoms with Gasteiger partial charge in [-0.1, -0.05) is 0 Å². The van der Waals surface area contributed by atoms with Crippen LogP contribution in [-0.2, 0) is 17.5 Å². The van der Waals surface area contributed by atoms with Crippen LogP contribution in [0.2, 0.25) is 0 Å². The van der Waals surface area contributed by atoms with Gasteiger partial charge in [0.2, 0.25) is 0 Å². The number of rotatable bonds is 4. The fourth-order valence-electron chi connectivity index (χ4n) is 0.417. The van der Waals surface area contributed by atoms with Gasteiger partial charge in [0.05, 0.1) is 0 Å². The number of nitrogens with zero attached hydrogens (tertiary/aromatic N) is 1. The molecule has 0 radical (unpaired) electrons. The molecule has 0 aliphatic carbocycles. The zero-order chi connectivity index (χ0) is 14.3. The lowest BCUT2D eigenvalue weighted by molar-refractivity contribution is -0.138. The molecule has 0 heterocycles. The summed E-state index contributed by atoms with van der Waals surface area (Å²) in [5.41, 5.74) is 29.5. The molecule has 0 unspecified atom stereocenters. The molecular weight excluding hydrogens is 361 g/mol. The van der Waals surface area contributed by atoms with Crippen molar-refractivity contribution in [2.24, 2.45) is 37.7 Å². The third-order valence-electron chi connectivity index (χ3n) is 1.31. The Morgan fingerprint density at radius 3 is 1.72 bits per heavy atom. The van der Waals surface area contributed by atoms with E-state index in [1.165, 1.54) is 0 Å². The molecular formula is C6H12IN7O4. The molecule has 0 amide bonds. The third-order valence-corrected chi connectivity index (χ3v) is 2.27. The molecule has 0 rings (SSSR count). The maximum absolute atomic E-state index is 11.1. The van der Waals surface area contributed by atoms with Crippen molar-refractivity contribution in [2.75, 3.05) is 0 Å². The minimum absolute atomic E-state index is 0.385. The van der Waals surface area contributed by atoms with Crippen LogP contribution in [0.5, 0.6) is 0 Å². The highest BCUT2D eigenvalue weighted by Crippen LogP contribution is 2.07. The second-order valence-electron chi connectivity index (χ2n) is 2.62. The lowest BCUT2D eigenvalue weighted by Gasteiger charge is -2.00. The van der Waals surface area contributed by atoms with Gasteiger partial charge >= 0.3 is 11.9 Å². The van der Waals surface area contributed by atoms with Crippen LogP contribution >= 0.6 is 21.4 Å². The summed E-state index contributed by atoms with van der Waals surface area (Å²) in [7, 11) is 0. The second kappa shape index (κ2) is 7.15. The Morgan fingerprint density at radius 2 is 1.28 bits per heavy atom. The Morgan fingerprint density at radius 1 is 0.833 bits per heavy atom. The molecule has 0 aromatic carbocycles. The molecule has 0 aromatic heterocycles. The van der Waals surface area contributed by atoms with Gasteiger partial charge in [-0.3, -0.25) is 0 Å². The highest BCUT2D eigenvalue weighted by atomic mass is 127. The van der Waals surface area contributed by atoms with Gasteiger partial charge in [0.15, 0.2) is 11.4 Å². The van der Waals surface area contributed by atoms with E-state index in [1.807, 2.05) is 0 Å². The molecule has 0 aliphatic heterocycles. The summed E-state index contributed by atoms with van der Waals surface area (Å²) >= 11 is -1.61. The van der Waals surface area contributed by atoms with Crippen molar-refractivity contribution >= 4 is 33.4 Å². The lowest BCUT2D eigenvalue weighted by Crippen LogP contribution is -2.23. The Balaban J connectivity index is 4.31. The Bertz CT molecular complexity index is 395. The van der Waals surface area contributed by atoms with Crippen LogP contribution in [0.3, 0.4) is 0 Å². The van der Waals surface area contributed by atoms with E-state index in [-0.39, 0.29) is 5.82 Å². The summed E-state index contributed by atoms with van der Waals surface area (Å²) in [4.78, 5) is 26.3. The molecule has 0 saturated carbocycles. The van der Waals surface area contributed by atoms with E-state index in [4.69, 9.17) is 34.4 Å². The molecule has 0 fully saturated rings. The molecule has 0 spiro atoms. The summed E-state index contributed by atoms with van der Waals surface area (Å²) in [6.45, 7) is 0. The van der Waals surface area contributed by atoms with Crippen LogP contribution in [0.1, 0.15) is 0 Å². The maximum atomic E-state index is 11.1. The van der Waals surface area contributed by atoms with Gasteiger partial charge in [-0.15, -0.1) is 0 Å². The first-order chi connectivity index (χ1) is 8.27. The van der Waals surface area contributed by atoms with Crippen LogP contribution < -0.4 is 34.4 Å². The summed E-state index contributed by atoms with van der Waals surface area (Å²) in [5.74, 6) is -2.82. The molecule has 0 atom stereocenters. The van der Waals surface area contributed by atoms with Gasteiger partial charge in [0.25, 0.3) is 21.4 Å². The molecule has 12 heteroatoms. The fourth-order valence-corrected chi connectivity index (χ4v) is 1.17. The van der Waals surface area contributed by atoms with Crippen LogP contribution in [0.4, 0.5) is 0 Å². The van der Waals surface area contributed by atoms with Crippen LogP contribution in [0.25, 0.3) is 0 Å². The zero-order valence-electron chi connectivity index (χ0n) is 8.92. The third kappa shape index (κ3) is 5.19. The van der Waals surface area contributed by atoms with Crippen molar-refractivity contribution in [1.82, 2.24) is 0 Å². The summed E-state index contributed by atoms with van der Waals surface area (Å²) in [6, 6.07) is 0. The monoisotopic (exact) mass is 373 g/mol. The number of carbonyl (C=O) groups excluding carboxylic acids is 2. The molecule has 0 saturated heterocycles. The molecule has 102 valence electrons. The van der Waals surface area contributed by atoms with Gasteiger partial charge in [0, 0.05) is 0 Å². The molecule has 0 aromatic rings. The number of hydrogen-bond donors (Lipinski definition) is 6. The number of carbonyl (C=O) groups is 2. The summed E-state index contributed by atoms with van der Waals surface area (Å²) in [5, 5.41) is 0. The topological polar surface area (TPSA) is 221 Å². The normalized spacial score (nSPS) is 10.0. The van der Waals surface area contributed by atoms with E-state index in [0.717, 1.165) is 0 Å². The second-order valence-corrected chi connectivity index (χ2v) is 3.85. The van der Waals surface area contributed by atoms with Gasteiger partial charge in [-0.2, -0.15) is 0 Å². The Labute approximate surface area is 112 Å². The van der Waals surface area contributed by atoms with Gasteiger partial charge in [-0.05, 0) is 3.31 Å². The molecule has 12 N–H and O–H groups in total. The largest absolute Gasteiger partial charge is 0.390 e. The lowest BCUT2D eigenvalue weighted by atomic mass is 10.5. The molecule has 0 aliphatic rings. The minimum atomic E-state index is -1.61. The van der Waals surface area contributed by atoms with Gasteiger partial charge in [-0.25, -0.2) is 9.59 Å². The van der Waals surface area contributed by atoms with E-state index in [1.54, 1.807) is 0 Å². The average Bonchev–Trinajstić information content (AvgIpc) is 2.31. The van der Waals surface area contributed by atoms with Gasteiger partial charge < -0.3 is 42.3 Å². The Kier molecular flexibility index (Phi) is 6.26. The van der Waals surface area contributed by atoms with Crippen molar-refractivity contribution < 1.29 is 17.5 Å². The minimum Gasteiger partial charge on any atom is -0.390 e. The van der Waals surface area contributed by atoms with E-state index >= 15 is 0 Å². The van der Waals surface area contributed by atoms with Crippen molar-refractivity contribution in [3.63, 3.8) is 0 Å². The SMILES string of the molecule is NC(N)=C(N)C(=O)ON=IOC(=O)C(N)=C(N)N. The number of nitrogens with two attached hydrogens (primary N) is 6. The standard InChI is InChI=1S/C6H12IN7O4/c8-1(3(10)11)5(15)17-7-14-18-6(16)2(9)4(12)13/h8-13H2.